The number of likely N-dealkylation sites (N-methyl/N-ethyl adjacent to an activating group) is 1. The third-order valence-electron chi connectivity index (χ3n) is 5.41. The average Bonchev–Trinajstić information content (AvgIpc) is 2.98. The molecule has 1 aromatic heterocycles. The highest BCUT2D eigenvalue weighted by Gasteiger charge is 2.34. The number of rotatable bonds is 5. The molecule has 0 saturated carbocycles. The van der Waals surface area contributed by atoms with Crippen molar-refractivity contribution < 1.29 is 14.7 Å². The molecule has 0 radical (unpaired) electrons. The van der Waals surface area contributed by atoms with E-state index in [4.69, 9.17) is 17.3 Å². The molecule has 2 aliphatic heterocycles. The highest BCUT2D eigenvalue weighted by atomic mass is 32.2. The quantitative estimate of drug-likeness (QED) is 0.509. The lowest BCUT2D eigenvalue weighted by atomic mass is 10.0. The van der Waals surface area contributed by atoms with E-state index in [2.05, 4.69) is 9.80 Å². The number of aliphatic carboxylic acids is 1. The first-order valence-electron chi connectivity index (χ1n) is 9.77. The van der Waals surface area contributed by atoms with Crippen LogP contribution in [-0.2, 0) is 16.1 Å². The largest absolute Gasteiger partial charge is 0.480 e. The van der Waals surface area contributed by atoms with Crippen LogP contribution in [0.1, 0.15) is 23.6 Å². The first kappa shape index (κ1) is 23.0. The molecule has 0 atom stereocenters. The topological polar surface area (TPSA) is 110 Å². The Kier molecular flexibility index (Phi) is 6.83. The predicted molar refractivity (Wildman–Crippen MR) is 123 cm³/mol. The molecule has 3 heterocycles. The lowest BCUT2D eigenvalue weighted by molar-refractivity contribution is -0.140. The van der Waals surface area contributed by atoms with Crippen LogP contribution in [0.25, 0.3) is 6.08 Å². The standard InChI is InChI=1S/C20H23N5O4S2/c1-4-24-17(23-7-5-22(3)6-8-23)13(12(2)14(10-21)18(24)28)9-15-19(29)25(11-16(26)27)20(30)31-15/h9H,4-8,11H2,1-3H3,(H,26,27). The van der Waals surface area contributed by atoms with Crippen molar-refractivity contribution in [1.29, 1.82) is 5.26 Å². The maximum Gasteiger partial charge on any atom is 0.323 e. The fraction of sp³-hybridized carbons (Fsp3) is 0.450. The molecule has 2 saturated heterocycles. The number of carboxylic acid groups (broad SMARTS) is 1. The molecule has 0 aromatic carbocycles. The van der Waals surface area contributed by atoms with E-state index in [1.807, 2.05) is 20.0 Å². The van der Waals surface area contributed by atoms with Gasteiger partial charge in [-0.3, -0.25) is 23.9 Å². The van der Waals surface area contributed by atoms with Gasteiger partial charge in [0.25, 0.3) is 11.5 Å². The number of hydrogen-bond acceptors (Lipinski definition) is 8. The third-order valence-corrected chi connectivity index (χ3v) is 6.79. The van der Waals surface area contributed by atoms with Crippen LogP contribution in [0.15, 0.2) is 9.70 Å². The molecule has 31 heavy (non-hydrogen) atoms. The number of amides is 1. The fourth-order valence-electron chi connectivity index (χ4n) is 3.70. The van der Waals surface area contributed by atoms with Gasteiger partial charge in [-0.1, -0.05) is 24.0 Å². The van der Waals surface area contributed by atoms with E-state index in [0.29, 0.717) is 36.6 Å². The van der Waals surface area contributed by atoms with Crippen molar-refractivity contribution in [3.8, 4) is 6.07 Å². The molecule has 0 bridgehead atoms. The third kappa shape index (κ3) is 4.37. The number of carboxylic acids is 1. The van der Waals surface area contributed by atoms with Gasteiger partial charge in [0.05, 0.1) is 4.91 Å². The maximum atomic E-state index is 13.0. The second-order valence-corrected chi connectivity index (χ2v) is 9.03. The molecule has 2 aliphatic rings. The minimum atomic E-state index is -1.15. The van der Waals surface area contributed by atoms with E-state index in [1.54, 1.807) is 17.6 Å². The number of hydrogen-bond donors (Lipinski definition) is 1. The number of nitriles is 1. The Balaban J connectivity index is 2.19. The number of piperazine rings is 1. The predicted octanol–water partition coefficient (Wildman–Crippen LogP) is 1.09. The summed E-state index contributed by atoms with van der Waals surface area (Å²) in [4.78, 5) is 42.5. The van der Waals surface area contributed by atoms with Gasteiger partial charge in [0.1, 0.15) is 28.3 Å². The number of thiocarbonyl (C=S) groups is 1. The number of thioether (sulfide) groups is 1. The summed E-state index contributed by atoms with van der Waals surface area (Å²) in [5, 5.41) is 18.7. The second kappa shape index (κ2) is 9.21. The molecule has 3 rings (SSSR count). The number of carbonyl (C=O) groups excluding carboxylic acids is 1. The molecule has 1 aromatic rings. The maximum absolute atomic E-state index is 13.0. The monoisotopic (exact) mass is 461 g/mol. The van der Waals surface area contributed by atoms with E-state index in [-0.39, 0.29) is 20.3 Å². The van der Waals surface area contributed by atoms with Crippen molar-refractivity contribution in [3.05, 3.63) is 31.9 Å². The van der Waals surface area contributed by atoms with Crippen molar-refractivity contribution in [1.82, 2.24) is 14.4 Å². The first-order chi connectivity index (χ1) is 14.7. The number of nitrogens with zero attached hydrogens (tertiary/aromatic N) is 5. The van der Waals surface area contributed by atoms with Gasteiger partial charge in [0, 0.05) is 38.3 Å². The summed E-state index contributed by atoms with van der Waals surface area (Å²) >= 11 is 6.21. The van der Waals surface area contributed by atoms with Gasteiger partial charge >= 0.3 is 5.97 Å². The minimum Gasteiger partial charge on any atom is -0.480 e. The van der Waals surface area contributed by atoms with Crippen LogP contribution in [0.2, 0.25) is 0 Å². The fourth-order valence-corrected chi connectivity index (χ4v) is 4.94. The zero-order valence-corrected chi connectivity index (χ0v) is 19.2. The molecule has 0 spiro atoms. The lowest BCUT2D eigenvalue weighted by Gasteiger charge is -2.36. The molecule has 2 fully saturated rings. The Morgan fingerprint density at radius 1 is 1.29 bits per heavy atom. The van der Waals surface area contributed by atoms with Gasteiger partial charge < -0.3 is 14.9 Å². The van der Waals surface area contributed by atoms with E-state index in [9.17, 15) is 19.6 Å². The summed E-state index contributed by atoms with van der Waals surface area (Å²) in [6.45, 7) is 6.43. The Hall–Kier alpha value is -2.68. The van der Waals surface area contributed by atoms with Gasteiger partial charge in [0.2, 0.25) is 0 Å². The summed E-state index contributed by atoms with van der Waals surface area (Å²) in [6.07, 6.45) is 1.64. The van der Waals surface area contributed by atoms with E-state index in [0.717, 1.165) is 29.8 Å². The Morgan fingerprint density at radius 3 is 2.48 bits per heavy atom. The second-order valence-electron chi connectivity index (χ2n) is 7.35. The minimum absolute atomic E-state index is 0.0343. The van der Waals surface area contributed by atoms with Crippen molar-refractivity contribution in [2.45, 2.75) is 20.4 Å². The molecule has 1 amide bonds. The van der Waals surface area contributed by atoms with E-state index < -0.39 is 18.4 Å². The molecule has 9 nitrogen and oxygen atoms in total. The summed E-state index contributed by atoms with van der Waals surface area (Å²) in [5.74, 6) is -0.979. The molecule has 11 heteroatoms. The van der Waals surface area contributed by atoms with Crippen LogP contribution in [0, 0.1) is 18.3 Å². The van der Waals surface area contributed by atoms with E-state index in [1.165, 1.54) is 0 Å². The molecule has 1 N–H and O–H groups in total. The van der Waals surface area contributed by atoms with E-state index >= 15 is 0 Å². The zero-order valence-electron chi connectivity index (χ0n) is 17.5. The summed E-state index contributed by atoms with van der Waals surface area (Å²) < 4.78 is 1.74. The first-order valence-corrected chi connectivity index (χ1v) is 11.0. The Bertz CT molecular complexity index is 1080. The normalized spacial score (nSPS) is 18.7. The van der Waals surface area contributed by atoms with Crippen LogP contribution >= 0.6 is 24.0 Å². The number of pyridine rings is 1. The van der Waals surface area contributed by atoms with Gasteiger partial charge in [-0.15, -0.1) is 0 Å². The van der Waals surface area contributed by atoms with Crippen LogP contribution in [0.5, 0.6) is 0 Å². The van der Waals surface area contributed by atoms with Crippen molar-refractivity contribution >= 4 is 52.1 Å². The Labute approximate surface area is 189 Å². The zero-order chi connectivity index (χ0) is 22.9. The van der Waals surface area contributed by atoms with Crippen molar-refractivity contribution in [2.75, 3.05) is 44.7 Å². The highest BCUT2D eigenvalue weighted by molar-refractivity contribution is 8.26. The molecule has 0 aliphatic carbocycles. The molecule has 0 unspecified atom stereocenters. The van der Waals surface area contributed by atoms with Crippen LogP contribution in [-0.4, -0.2) is 75.4 Å². The van der Waals surface area contributed by atoms with Crippen LogP contribution in [0.4, 0.5) is 5.82 Å². The highest BCUT2D eigenvalue weighted by Crippen LogP contribution is 2.35. The molecular formula is C20H23N5O4S2. The average molecular weight is 462 g/mol. The summed E-state index contributed by atoms with van der Waals surface area (Å²) in [5.41, 5.74) is 0.784. The van der Waals surface area contributed by atoms with Gasteiger partial charge in [0.15, 0.2) is 0 Å². The Morgan fingerprint density at radius 2 is 1.94 bits per heavy atom. The van der Waals surface area contributed by atoms with Crippen molar-refractivity contribution in [2.24, 2.45) is 0 Å². The van der Waals surface area contributed by atoms with Crippen LogP contribution < -0.4 is 10.5 Å². The van der Waals surface area contributed by atoms with Crippen LogP contribution in [0.3, 0.4) is 0 Å². The summed E-state index contributed by atoms with van der Waals surface area (Å²) in [7, 11) is 2.03. The summed E-state index contributed by atoms with van der Waals surface area (Å²) in [6, 6.07) is 2.00. The van der Waals surface area contributed by atoms with Gasteiger partial charge in [-0.25, -0.2) is 0 Å². The van der Waals surface area contributed by atoms with Gasteiger partial charge in [-0.2, -0.15) is 5.26 Å². The molecular weight excluding hydrogens is 438 g/mol. The number of aromatic nitrogens is 1. The molecule has 164 valence electrons. The lowest BCUT2D eigenvalue weighted by Crippen LogP contribution is -2.47. The SMILES string of the molecule is CCn1c(N2CCN(C)CC2)c(C=C2SC(=S)N(CC(=O)O)C2=O)c(C)c(C#N)c1=O. The number of carbonyl (C=O) groups is 2. The smallest absolute Gasteiger partial charge is 0.323 e. The van der Waals surface area contributed by atoms with Gasteiger partial charge in [-0.05, 0) is 32.5 Å². The number of anilines is 1. The van der Waals surface area contributed by atoms with Crippen molar-refractivity contribution in [3.63, 3.8) is 0 Å².